The highest BCUT2D eigenvalue weighted by Gasteiger charge is 2.40. The van der Waals surface area contributed by atoms with Crippen molar-refractivity contribution in [2.45, 2.75) is 31.5 Å². The third-order valence-corrected chi connectivity index (χ3v) is 2.61. The van der Waals surface area contributed by atoms with E-state index in [0.29, 0.717) is 0 Å². The molecule has 1 saturated heterocycles. The van der Waals surface area contributed by atoms with Gasteiger partial charge in [0, 0.05) is 19.6 Å². The first-order valence-electron chi connectivity index (χ1n) is 4.43. The summed E-state index contributed by atoms with van der Waals surface area (Å²) < 4.78 is 10.4. The Bertz CT molecular complexity index is 147. The molecule has 78 valence electrons. The first kappa shape index (κ1) is 10.9. The minimum atomic E-state index is -0.605. The van der Waals surface area contributed by atoms with Crippen LogP contribution in [0.1, 0.15) is 6.92 Å². The molecule has 5 nitrogen and oxygen atoms in total. The summed E-state index contributed by atoms with van der Waals surface area (Å²) in [7, 11) is 1.53. The minimum Gasteiger partial charge on any atom is -0.390 e. The molecule has 1 heterocycles. The number of aliphatic hydroxyl groups excluding tert-OH is 1. The van der Waals surface area contributed by atoms with Crippen LogP contribution in [-0.4, -0.2) is 43.3 Å². The lowest BCUT2D eigenvalue weighted by atomic mass is 9.89. The van der Waals surface area contributed by atoms with Gasteiger partial charge >= 0.3 is 0 Å². The summed E-state index contributed by atoms with van der Waals surface area (Å²) in [5, 5.41) is 9.68. The highest BCUT2D eigenvalue weighted by molar-refractivity contribution is 4.89. The molecule has 2 unspecified atom stereocenters. The Balaban J connectivity index is 2.66. The number of rotatable bonds is 2. The van der Waals surface area contributed by atoms with Crippen molar-refractivity contribution in [1.82, 2.24) is 0 Å². The van der Waals surface area contributed by atoms with E-state index in [2.05, 4.69) is 0 Å². The molecule has 0 bridgehead atoms. The Morgan fingerprint density at radius 1 is 1.54 bits per heavy atom. The Morgan fingerprint density at radius 3 is 2.62 bits per heavy atom. The molecule has 5 atom stereocenters. The van der Waals surface area contributed by atoms with Crippen LogP contribution in [0.5, 0.6) is 0 Å². The van der Waals surface area contributed by atoms with Gasteiger partial charge in [0.2, 0.25) is 0 Å². The van der Waals surface area contributed by atoms with Crippen molar-refractivity contribution in [2.24, 2.45) is 17.4 Å². The fraction of sp³-hybridized carbons (Fsp3) is 1.00. The molecule has 0 aromatic carbocycles. The zero-order chi connectivity index (χ0) is 10.0. The summed E-state index contributed by atoms with van der Waals surface area (Å²) >= 11 is 0. The molecule has 0 saturated carbocycles. The second kappa shape index (κ2) is 4.34. The van der Waals surface area contributed by atoms with Gasteiger partial charge in [-0.25, -0.2) is 0 Å². The molecule has 0 aromatic rings. The van der Waals surface area contributed by atoms with Crippen molar-refractivity contribution in [3.8, 4) is 0 Å². The number of hydrogen-bond donors (Lipinski definition) is 3. The highest BCUT2D eigenvalue weighted by atomic mass is 16.7. The molecule has 1 aliphatic heterocycles. The van der Waals surface area contributed by atoms with Crippen LogP contribution >= 0.6 is 0 Å². The Hall–Kier alpha value is -0.200. The molecule has 13 heavy (non-hydrogen) atoms. The Morgan fingerprint density at radius 2 is 2.15 bits per heavy atom. The summed E-state index contributed by atoms with van der Waals surface area (Å²) in [6.07, 6.45) is -1.45. The quantitative estimate of drug-likeness (QED) is 0.500. The fourth-order valence-electron chi connectivity index (χ4n) is 1.57. The summed E-state index contributed by atoms with van der Waals surface area (Å²) in [4.78, 5) is 0. The van der Waals surface area contributed by atoms with E-state index in [1.807, 2.05) is 6.92 Å². The molecule has 5 N–H and O–H groups in total. The topological polar surface area (TPSA) is 90.7 Å². The van der Waals surface area contributed by atoms with E-state index >= 15 is 0 Å². The van der Waals surface area contributed by atoms with Gasteiger partial charge in [-0.1, -0.05) is 6.92 Å². The van der Waals surface area contributed by atoms with Crippen molar-refractivity contribution >= 4 is 0 Å². The van der Waals surface area contributed by atoms with Crippen LogP contribution in [0.3, 0.4) is 0 Å². The SMILES string of the molecule is CO[C@H]1OC(CN)[C@@H](O)C(C)[C@@H]1N. The molecule has 5 heteroatoms. The van der Waals surface area contributed by atoms with Crippen molar-refractivity contribution in [1.29, 1.82) is 0 Å². The van der Waals surface area contributed by atoms with E-state index in [1.165, 1.54) is 7.11 Å². The molecule has 1 aliphatic rings. The van der Waals surface area contributed by atoms with E-state index in [0.717, 1.165) is 0 Å². The molecule has 0 radical (unpaired) electrons. The van der Waals surface area contributed by atoms with E-state index in [-0.39, 0.29) is 24.6 Å². The molecule has 1 fully saturated rings. The summed E-state index contributed by atoms with van der Waals surface area (Å²) in [5.41, 5.74) is 11.2. The van der Waals surface area contributed by atoms with E-state index in [4.69, 9.17) is 20.9 Å². The molecule has 0 amide bonds. The summed E-state index contributed by atoms with van der Waals surface area (Å²) in [6, 6.07) is -0.303. The predicted octanol–water partition coefficient (Wildman–Crippen LogP) is -1.36. The largest absolute Gasteiger partial charge is 0.390 e. The van der Waals surface area contributed by atoms with Crippen LogP contribution in [0.15, 0.2) is 0 Å². The van der Waals surface area contributed by atoms with E-state index in [1.54, 1.807) is 0 Å². The zero-order valence-electron chi connectivity index (χ0n) is 8.01. The molecular weight excluding hydrogens is 172 g/mol. The van der Waals surface area contributed by atoms with Crippen LogP contribution in [0.4, 0.5) is 0 Å². The van der Waals surface area contributed by atoms with Gasteiger partial charge < -0.3 is 26.0 Å². The van der Waals surface area contributed by atoms with E-state index < -0.39 is 12.4 Å². The number of methoxy groups -OCH3 is 1. The van der Waals surface area contributed by atoms with Crippen LogP contribution in [0, 0.1) is 5.92 Å². The lowest BCUT2D eigenvalue weighted by molar-refractivity contribution is -0.233. The molecule has 1 rings (SSSR count). The average molecular weight is 190 g/mol. The standard InChI is InChI=1S/C8H18N2O3/c1-4-6(10)8(12-2)13-5(3-9)7(4)11/h4-8,11H,3,9-10H2,1-2H3/t4?,5?,6-,7-,8-/m0/s1. The van der Waals surface area contributed by atoms with Gasteiger partial charge in [0.25, 0.3) is 0 Å². The monoisotopic (exact) mass is 190 g/mol. The predicted molar refractivity (Wildman–Crippen MR) is 47.9 cm³/mol. The average Bonchev–Trinajstić information content (AvgIpc) is 2.15. The number of ether oxygens (including phenoxy) is 2. The van der Waals surface area contributed by atoms with Crippen LogP contribution in [0.25, 0.3) is 0 Å². The van der Waals surface area contributed by atoms with Crippen molar-refractivity contribution in [3.63, 3.8) is 0 Å². The smallest absolute Gasteiger partial charge is 0.173 e. The van der Waals surface area contributed by atoms with Crippen LogP contribution in [-0.2, 0) is 9.47 Å². The van der Waals surface area contributed by atoms with Gasteiger partial charge in [-0.15, -0.1) is 0 Å². The number of hydrogen-bond acceptors (Lipinski definition) is 5. The lowest BCUT2D eigenvalue weighted by Gasteiger charge is -2.41. The third kappa shape index (κ3) is 2.00. The first-order chi connectivity index (χ1) is 6.11. The molecule has 0 spiro atoms. The maximum absolute atomic E-state index is 9.68. The summed E-state index contributed by atoms with van der Waals surface area (Å²) in [6.45, 7) is 2.14. The van der Waals surface area contributed by atoms with Crippen LogP contribution < -0.4 is 11.5 Å². The number of nitrogens with two attached hydrogens (primary N) is 2. The minimum absolute atomic E-state index is 0.0627. The Labute approximate surface area is 78.0 Å². The van der Waals surface area contributed by atoms with Gasteiger partial charge in [0.05, 0.1) is 18.2 Å². The Kier molecular flexibility index (Phi) is 3.63. The lowest BCUT2D eigenvalue weighted by Crippen LogP contribution is -2.59. The van der Waals surface area contributed by atoms with Gasteiger partial charge in [-0.3, -0.25) is 0 Å². The maximum Gasteiger partial charge on any atom is 0.173 e. The van der Waals surface area contributed by atoms with E-state index in [9.17, 15) is 5.11 Å². The summed E-state index contributed by atoms with van der Waals surface area (Å²) in [5.74, 6) is -0.0627. The van der Waals surface area contributed by atoms with Gasteiger partial charge in [-0.2, -0.15) is 0 Å². The van der Waals surface area contributed by atoms with Gasteiger partial charge in [0.1, 0.15) is 0 Å². The maximum atomic E-state index is 9.68. The first-order valence-corrected chi connectivity index (χ1v) is 4.43. The normalized spacial score (nSPS) is 46.4. The second-order valence-electron chi connectivity index (χ2n) is 3.44. The second-order valence-corrected chi connectivity index (χ2v) is 3.44. The highest BCUT2D eigenvalue weighted by Crippen LogP contribution is 2.24. The van der Waals surface area contributed by atoms with Gasteiger partial charge in [0.15, 0.2) is 6.29 Å². The van der Waals surface area contributed by atoms with Gasteiger partial charge in [-0.05, 0) is 0 Å². The molecular formula is C8H18N2O3. The van der Waals surface area contributed by atoms with Crippen molar-refractivity contribution in [3.05, 3.63) is 0 Å². The van der Waals surface area contributed by atoms with Crippen molar-refractivity contribution < 1.29 is 14.6 Å². The zero-order valence-corrected chi connectivity index (χ0v) is 8.01. The fourth-order valence-corrected chi connectivity index (χ4v) is 1.57. The van der Waals surface area contributed by atoms with Crippen molar-refractivity contribution in [2.75, 3.05) is 13.7 Å². The van der Waals surface area contributed by atoms with Crippen LogP contribution in [0.2, 0.25) is 0 Å². The molecule has 0 aromatic heterocycles. The third-order valence-electron chi connectivity index (χ3n) is 2.61. The molecule has 0 aliphatic carbocycles. The number of aliphatic hydroxyl groups is 1.